The van der Waals surface area contributed by atoms with E-state index in [1.807, 2.05) is 11.4 Å². The number of aromatic nitrogens is 4. The Bertz CT molecular complexity index is 1440. The van der Waals surface area contributed by atoms with Crippen molar-refractivity contribution in [3.05, 3.63) is 76.3 Å². The molecule has 0 unspecified atom stereocenters. The molecule has 0 amide bonds. The molecular formula is C23H17ClFN5OS2. The van der Waals surface area contributed by atoms with Crippen molar-refractivity contribution in [3.8, 4) is 15.8 Å². The molecule has 5 aromatic rings. The third-order valence-electron chi connectivity index (χ3n) is 4.77. The smallest absolute Gasteiger partial charge is 0.161 e. The average molecular weight is 498 g/mol. The topological polar surface area (TPSA) is 72.8 Å². The summed E-state index contributed by atoms with van der Waals surface area (Å²) in [6.07, 6.45) is 2.39. The van der Waals surface area contributed by atoms with Gasteiger partial charge in [-0.2, -0.15) is 0 Å². The summed E-state index contributed by atoms with van der Waals surface area (Å²) < 4.78 is 19.1. The van der Waals surface area contributed by atoms with Gasteiger partial charge in [0.25, 0.3) is 0 Å². The third-order valence-corrected chi connectivity index (χ3v) is 7.06. The Labute approximate surface area is 202 Å². The van der Waals surface area contributed by atoms with Gasteiger partial charge in [-0.25, -0.2) is 24.3 Å². The van der Waals surface area contributed by atoms with Crippen LogP contribution in [0.25, 0.3) is 20.4 Å². The summed E-state index contributed by atoms with van der Waals surface area (Å²) in [6, 6.07) is 11.6. The van der Waals surface area contributed by atoms with E-state index >= 15 is 0 Å². The van der Waals surface area contributed by atoms with E-state index in [1.54, 1.807) is 35.6 Å². The molecule has 0 fully saturated rings. The van der Waals surface area contributed by atoms with Crippen LogP contribution in [0.5, 0.6) is 5.75 Å². The van der Waals surface area contributed by atoms with Gasteiger partial charge in [-0.3, -0.25) is 0 Å². The molecule has 0 aliphatic rings. The highest BCUT2D eigenvalue weighted by atomic mass is 35.5. The number of anilines is 2. The van der Waals surface area contributed by atoms with E-state index in [2.05, 4.69) is 27.2 Å². The first kappa shape index (κ1) is 21.7. The zero-order valence-electron chi connectivity index (χ0n) is 17.4. The molecule has 3 aromatic heterocycles. The second-order valence-corrected chi connectivity index (χ2v) is 9.32. The summed E-state index contributed by atoms with van der Waals surface area (Å²) in [5.41, 5.74) is 3.18. The Hall–Kier alpha value is -3.14. The number of fused-ring (bicyclic) bond motifs is 1. The molecule has 0 aliphatic heterocycles. The lowest BCUT2D eigenvalue weighted by Gasteiger charge is -2.11. The van der Waals surface area contributed by atoms with Crippen molar-refractivity contribution in [1.82, 2.24) is 19.9 Å². The minimum atomic E-state index is -0.302. The molecule has 6 nitrogen and oxygen atoms in total. The summed E-state index contributed by atoms with van der Waals surface area (Å²) in [6.45, 7) is 2.29. The summed E-state index contributed by atoms with van der Waals surface area (Å²) in [5.74, 6) is 0.786. The van der Waals surface area contributed by atoms with Crippen molar-refractivity contribution >= 4 is 56.1 Å². The molecule has 5 rings (SSSR count). The zero-order valence-corrected chi connectivity index (χ0v) is 19.8. The number of benzene rings is 2. The standard InChI is InChI=1S/C23H17ClFN5OS2/c1-2-15-11-32-22(29-15)23-30-19-20(26-12-27-21(19)33-23)28-16-6-7-18(17(24)9-16)31-10-13-4-3-5-14(25)8-13/h3-9,11-12H,2,10H2,1H3,(H,26,27,28). The second kappa shape index (κ2) is 9.38. The monoisotopic (exact) mass is 497 g/mol. The van der Waals surface area contributed by atoms with Gasteiger partial charge in [0.15, 0.2) is 15.8 Å². The maximum Gasteiger partial charge on any atom is 0.161 e. The Morgan fingerprint density at radius 2 is 2.00 bits per heavy atom. The highest BCUT2D eigenvalue weighted by Crippen LogP contribution is 2.35. The van der Waals surface area contributed by atoms with E-state index < -0.39 is 0 Å². The molecule has 0 bridgehead atoms. The molecule has 0 atom stereocenters. The van der Waals surface area contributed by atoms with Gasteiger partial charge in [0.1, 0.15) is 34.8 Å². The summed E-state index contributed by atoms with van der Waals surface area (Å²) in [4.78, 5) is 18.8. The lowest BCUT2D eigenvalue weighted by atomic mass is 10.2. The van der Waals surface area contributed by atoms with E-state index in [-0.39, 0.29) is 12.4 Å². The number of ether oxygens (including phenoxy) is 1. The van der Waals surface area contributed by atoms with Gasteiger partial charge in [0.05, 0.1) is 10.7 Å². The highest BCUT2D eigenvalue weighted by Gasteiger charge is 2.15. The number of halogens is 2. The van der Waals surface area contributed by atoms with E-state index in [0.717, 1.165) is 38.2 Å². The predicted molar refractivity (Wildman–Crippen MR) is 131 cm³/mol. The lowest BCUT2D eigenvalue weighted by Crippen LogP contribution is -1.98. The van der Waals surface area contributed by atoms with Crippen LogP contribution in [-0.4, -0.2) is 19.9 Å². The van der Waals surface area contributed by atoms with Crippen molar-refractivity contribution in [2.45, 2.75) is 20.0 Å². The minimum Gasteiger partial charge on any atom is -0.487 e. The van der Waals surface area contributed by atoms with Crippen molar-refractivity contribution in [1.29, 1.82) is 0 Å². The van der Waals surface area contributed by atoms with Gasteiger partial charge in [0.2, 0.25) is 0 Å². The summed E-state index contributed by atoms with van der Waals surface area (Å²) in [7, 11) is 0. The first-order valence-corrected chi connectivity index (χ1v) is 12.2. The van der Waals surface area contributed by atoms with E-state index in [9.17, 15) is 4.39 Å². The molecular weight excluding hydrogens is 481 g/mol. The van der Waals surface area contributed by atoms with Gasteiger partial charge in [0, 0.05) is 11.1 Å². The lowest BCUT2D eigenvalue weighted by molar-refractivity contribution is 0.306. The van der Waals surface area contributed by atoms with Crippen LogP contribution in [-0.2, 0) is 13.0 Å². The molecule has 0 saturated carbocycles. The zero-order chi connectivity index (χ0) is 22.8. The largest absolute Gasteiger partial charge is 0.487 e. The fourth-order valence-electron chi connectivity index (χ4n) is 3.12. The third kappa shape index (κ3) is 4.80. The predicted octanol–water partition coefficient (Wildman–Crippen LogP) is 6.89. The van der Waals surface area contributed by atoms with Crippen LogP contribution in [0, 0.1) is 5.82 Å². The molecule has 10 heteroatoms. The molecule has 0 saturated heterocycles. The van der Waals surface area contributed by atoms with Gasteiger partial charge in [-0.15, -0.1) is 11.3 Å². The van der Waals surface area contributed by atoms with Crippen molar-refractivity contribution in [2.75, 3.05) is 5.32 Å². The van der Waals surface area contributed by atoms with E-state index in [4.69, 9.17) is 21.3 Å². The Morgan fingerprint density at radius 1 is 1.09 bits per heavy atom. The van der Waals surface area contributed by atoms with Crippen LogP contribution >= 0.6 is 34.3 Å². The maximum atomic E-state index is 13.4. The van der Waals surface area contributed by atoms with Gasteiger partial charge >= 0.3 is 0 Å². The van der Waals surface area contributed by atoms with Crippen LogP contribution in [0.3, 0.4) is 0 Å². The molecule has 3 heterocycles. The molecule has 2 aromatic carbocycles. The van der Waals surface area contributed by atoms with E-state index in [0.29, 0.717) is 22.1 Å². The quantitative estimate of drug-likeness (QED) is 0.264. The number of aryl methyl sites for hydroxylation is 1. The number of hydrogen-bond donors (Lipinski definition) is 1. The van der Waals surface area contributed by atoms with Gasteiger partial charge in [-0.05, 0) is 42.3 Å². The fraction of sp³-hybridized carbons (Fsp3) is 0.130. The van der Waals surface area contributed by atoms with Crippen molar-refractivity contribution in [3.63, 3.8) is 0 Å². The molecule has 166 valence electrons. The SMILES string of the molecule is CCc1csc(-c2nc3c(Nc4ccc(OCc5cccc(F)c5)c(Cl)c4)ncnc3s2)n1. The van der Waals surface area contributed by atoms with Crippen LogP contribution in [0.4, 0.5) is 15.9 Å². The van der Waals surface area contributed by atoms with Crippen LogP contribution < -0.4 is 10.1 Å². The average Bonchev–Trinajstić information content (AvgIpc) is 3.46. The Balaban J connectivity index is 1.35. The number of nitrogens with one attached hydrogen (secondary N) is 1. The normalized spacial score (nSPS) is 11.1. The minimum absolute atomic E-state index is 0.217. The molecule has 0 aliphatic carbocycles. The van der Waals surface area contributed by atoms with Crippen molar-refractivity contribution < 1.29 is 9.13 Å². The number of hydrogen-bond acceptors (Lipinski definition) is 8. The van der Waals surface area contributed by atoms with Crippen LogP contribution in [0.1, 0.15) is 18.2 Å². The van der Waals surface area contributed by atoms with Crippen LogP contribution in [0.15, 0.2) is 54.2 Å². The van der Waals surface area contributed by atoms with E-state index in [1.165, 1.54) is 29.8 Å². The first-order chi connectivity index (χ1) is 16.1. The van der Waals surface area contributed by atoms with Gasteiger partial charge in [-0.1, -0.05) is 42.0 Å². The van der Waals surface area contributed by atoms with Crippen molar-refractivity contribution in [2.24, 2.45) is 0 Å². The Morgan fingerprint density at radius 3 is 2.79 bits per heavy atom. The number of thiazole rings is 2. The first-order valence-electron chi connectivity index (χ1n) is 10.1. The summed E-state index contributed by atoms with van der Waals surface area (Å²) >= 11 is 9.48. The molecule has 0 spiro atoms. The maximum absolute atomic E-state index is 13.4. The second-order valence-electron chi connectivity index (χ2n) is 7.08. The summed E-state index contributed by atoms with van der Waals surface area (Å²) in [5, 5.41) is 7.43. The van der Waals surface area contributed by atoms with Gasteiger partial charge < -0.3 is 10.1 Å². The molecule has 1 N–H and O–H groups in total. The molecule has 0 radical (unpaired) electrons. The number of nitrogens with zero attached hydrogens (tertiary/aromatic N) is 4. The highest BCUT2D eigenvalue weighted by molar-refractivity contribution is 7.24. The van der Waals surface area contributed by atoms with Crippen LogP contribution in [0.2, 0.25) is 5.02 Å². The molecule has 33 heavy (non-hydrogen) atoms. The number of rotatable bonds is 7. The Kier molecular flexibility index (Phi) is 6.17. The fourth-order valence-corrected chi connectivity index (χ4v) is 5.20.